The van der Waals surface area contributed by atoms with E-state index < -0.39 is 18.3 Å². The summed E-state index contributed by atoms with van der Waals surface area (Å²) in [6.07, 6.45) is 1.49. The molecule has 0 spiro atoms. The van der Waals surface area contributed by atoms with Crippen molar-refractivity contribution in [2.24, 2.45) is 0 Å². The van der Waals surface area contributed by atoms with Gasteiger partial charge in [0, 0.05) is 14.2 Å². The Bertz CT molecular complexity index is 278. The van der Waals surface area contributed by atoms with Crippen LogP contribution in [0.15, 0.2) is 12.2 Å². The van der Waals surface area contributed by atoms with E-state index in [-0.39, 0.29) is 12.1 Å². The number of rotatable bonds is 1. The van der Waals surface area contributed by atoms with E-state index in [0.29, 0.717) is 0 Å². The number of nitrogens with zero attached hydrogens (tertiary/aromatic N) is 1. The number of carbonyl (C=O) groups excluding carboxylic acids is 1. The van der Waals surface area contributed by atoms with E-state index in [4.69, 9.17) is 9.47 Å². The minimum atomic E-state index is -0.736. The summed E-state index contributed by atoms with van der Waals surface area (Å²) in [7, 11) is 3.21. The third-order valence-corrected chi connectivity index (χ3v) is 2.75. The molecule has 0 saturated carbocycles. The Balaban J connectivity index is 2.28. The summed E-state index contributed by atoms with van der Waals surface area (Å²) in [5, 5.41) is 9.58. The van der Waals surface area contributed by atoms with E-state index in [9.17, 15) is 9.90 Å². The van der Waals surface area contributed by atoms with Gasteiger partial charge in [-0.1, -0.05) is 12.2 Å². The lowest BCUT2D eigenvalue weighted by Gasteiger charge is -2.31. The van der Waals surface area contributed by atoms with Gasteiger partial charge in [-0.05, 0) is 0 Å². The van der Waals surface area contributed by atoms with E-state index in [1.54, 1.807) is 26.3 Å². The SMILES string of the molecule is COC1C=CC(O)C2OC(=O)N(C)C12. The van der Waals surface area contributed by atoms with Crippen LogP contribution < -0.4 is 0 Å². The fourth-order valence-electron chi connectivity index (χ4n) is 1.96. The summed E-state index contributed by atoms with van der Waals surface area (Å²) in [5.41, 5.74) is 0. The molecule has 1 N–H and O–H groups in total. The zero-order valence-corrected chi connectivity index (χ0v) is 8.08. The van der Waals surface area contributed by atoms with Gasteiger partial charge in [0.15, 0.2) is 6.10 Å². The molecule has 0 aromatic heterocycles. The van der Waals surface area contributed by atoms with Crippen molar-refractivity contribution in [1.29, 1.82) is 0 Å². The fourth-order valence-corrected chi connectivity index (χ4v) is 1.96. The van der Waals surface area contributed by atoms with Crippen molar-refractivity contribution >= 4 is 6.09 Å². The number of carbonyl (C=O) groups is 1. The van der Waals surface area contributed by atoms with Gasteiger partial charge >= 0.3 is 6.09 Å². The minimum absolute atomic E-state index is 0.208. The minimum Gasteiger partial charge on any atom is -0.441 e. The van der Waals surface area contributed by atoms with Crippen molar-refractivity contribution < 1.29 is 19.4 Å². The number of amides is 1. The highest BCUT2D eigenvalue weighted by Gasteiger charge is 2.48. The van der Waals surface area contributed by atoms with Crippen molar-refractivity contribution in [2.45, 2.75) is 24.4 Å². The Morgan fingerprint density at radius 1 is 1.57 bits per heavy atom. The molecule has 1 aliphatic heterocycles. The number of methoxy groups -OCH3 is 1. The molecule has 0 bridgehead atoms. The third kappa shape index (κ3) is 1.20. The Hall–Kier alpha value is -1.07. The van der Waals surface area contributed by atoms with Crippen LogP contribution in [0.2, 0.25) is 0 Å². The maximum Gasteiger partial charge on any atom is 0.410 e. The second-order valence-corrected chi connectivity index (χ2v) is 3.53. The van der Waals surface area contributed by atoms with Gasteiger partial charge < -0.3 is 19.5 Å². The third-order valence-electron chi connectivity index (χ3n) is 2.75. The summed E-state index contributed by atoms with van der Waals surface area (Å²) in [4.78, 5) is 12.7. The topological polar surface area (TPSA) is 59.0 Å². The second-order valence-electron chi connectivity index (χ2n) is 3.53. The number of fused-ring (bicyclic) bond motifs is 1. The van der Waals surface area contributed by atoms with Crippen LogP contribution in [0, 0.1) is 0 Å². The predicted octanol–water partition coefficient (Wildman–Crippen LogP) is -0.249. The van der Waals surface area contributed by atoms with Gasteiger partial charge in [-0.15, -0.1) is 0 Å². The number of aliphatic hydroxyl groups excluding tert-OH is 1. The van der Waals surface area contributed by atoms with Gasteiger partial charge in [-0.2, -0.15) is 0 Å². The van der Waals surface area contributed by atoms with E-state index >= 15 is 0 Å². The van der Waals surface area contributed by atoms with Gasteiger partial charge in [0.05, 0.1) is 6.10 Å². The molecular weight excluding hydrogens is 186 g/mol. The van der Waals surface area contributed by atoms with Crippen molar-refractivity contribution in [1.82, 2.24) is 4.90 Å². The molecule has 78 valence electrons. The van der Waals surface area contributed by atoms with Crippen molar-refractivity contribution in [2.75, 3.05) is 14.2 Å². The number of ether oxygens (including phenoxy) is 2. The Morgan fingerprint density at radius 2 is 2.29 bits per heavy atom. The molecule has 0 radical (unpaired) electrons. The largest absolute Gasteiger partial charge is 0.441 e. The van der Waals surface area contributed by atoms with Crippen LogP contribution in [-0.2, 0) is 9.47 Å². The maximum atomic E-state index is 11.3. The summed E-state index contributed by atoms with van der Waals surface area (Å²) >= 11 is 0. The van der Waals surface area contributed by atoms with Gasteiger partial charge in [0.2, 0.25) is 0 Å². The molecule has 0 aromatic rings. The number of likely N-dealkylation sites (N-methyl/N-ethyl adjacent to an activating group) is 1. The normalized spacial score (nSPS) is 41.1. The first-order chi connectivity index (χ1) is 6.65. The van der Waals surface area contributed by atoms with Crippen LogP contribution in [0.3, 0.4) is 0 Å². The molecule has 4 unspecified atom stereocenters. The van der Waals surface area contributed by atoms with Crippen LogP contribution in [0.1, 0.15) is 0 Å². The smallest absolute Gasteiger partial charge is 0.410 e. The van der Waals surface area contributed by atoms with E-state index in [1.165, 1.54) is 4.90 Å². The van der Waals surface area contributed by atoms with Crippen LogP contribution in [0.4, 0.5) is 4.79 Å². The van der Waals surface area contributed by atoms with Gasteiger partial charge in [0.25, 0.3) is 0 Å². The molecule has 5 heteroatoms. The highest BCUT2D eigenvalue weighted by molar-refractivity contribution is 5.71. The summed E-state index contributed by atoms with van der Waals surface area (Å²) < 4.78 is 10.2. The van der Waals surface area contributed by atoms with Crippen molar-refractivity contribution in [3.05, 3.63) is 12.2 Å². The molecule has 1 saturated heterocycles. The lowest BCUT2D eigenvalue weighted by Crippen LogP contribution is -2.50. The van der Waals surface area contributed by atoms with Crippen molar-refractivity contribution in [3.63, 3.8) is 0 Å². The Labute approximate surface area is 81.9 Å². The number of hydrogen-bond acceptors (Lipinski definition) is 4. The second kappa shape index (κ2) is 3.25. The zero-order valence-electron chi connectivity index (χ0n) is 8.08. The molecular formula is C9H13NO4. The first-order valence-corrected chi connectivity index (χ1v) is 4.48. The summed E-state index contributed by atoms with van der Waals surface area (Å²) in [6, 6.07) is -0.229. The molecule has 1 amide bonds. The molecule has 2 rings (SSSR count). The van der Waals surface area contributed by atoms with Gasteiger partial charge in [0.1, 0.15) is 12.1 Å². The zero-order chi connectivity index (χ0) is 10.3. The summed E-state index contributed by atoms with van der Waals surface area (Å²) in [5.74, 6) is 0. The molecule has 4 atom stereocenters. The predicted molar refractivity (Wildman–Crippen MR) is 47.8 cm³/mol. The fraction of sp³-hybridized carbons (Fsp3) is 0.667. The number of aliphatic hydroxyl groups is 1. The van der Waals surface area contributed by atoms with E-state index in [2.05, 4.69) is 0 Å². The monoisotopic (exact) mass is 199 g/mol. The Kier molecular flexibility index (Phi) is 2.20. The van der Waals surface area contributed by atoms with E-state index in [1.807, 2.05) is 0 Å². The molecule has 5 nitrogen and oxygen atoms in total. The lowest BCUT2D eigenvalue weighted by atomic mass is 9.93. The first-order valence-electron chi connectivity index (χ1n) is 4.48. The first kappa shape index (κ1) is 9.48. The van der Waals surface area contributed by atoms with E-state index in [0.717, 1.165) is 0 Å². The molecule has 2 aliphatic rings. The highest BCUT2D eigenvalue weighted by Crippen LogP contribution is 2.28. The van der Waals surface area contributed by atoms with Gasteiger partial charge in [-0.25, -0.2) is 4.79 Å². The Morgan fingerprint density at radius 3 is 2.93 bits per heavy atom. The molecule has 1 fully saturated rings. The quantitative estimate of drug-likeness (QED) is 0.592. The van der Waals surface area contributed by atoms with Crippen LogP contribution in [0.5, 0.6) is 0 Å². The number of hydrogen-bond donors (Lipinski definition) is 1. The maximum absolute atomic E-state index is 11.3. The average Bonchev–Trinajstić information content (AvgIpc) is 2.47. The standard InChI is InChI=1S/C9H13NO4/c1-10-7-6(13-2)4-3-5(11)8(7)14-9(10)12/h3-8,11H,1-2H3. The average molecular weight is 199 g/mol. The molecule has 1 aliphatic carbocycles. The van der Waals surface area contributed by atoms with Crippen molar-refractivity contribution in [3.8, 4) is 0 Å². The highest BCUT2D eigenvalue weighted by atomic mass is 16.6. The van der Waals surface area contributed by atoms with Crippen LogP contribution >= 0.6 is 0 Å². The molecule has 14 heavy (non-hydrogen) atoms. The lowest BCUT2D eigenvalue weighted by molar-refractivity contribution is -0.00657. The summed E-state index contributed by atoms with van der Waals surface area (Å²) in [6.45, 7) is 0. The molecule has 0 aromatic carbocycles. The van der Waals surface area contributed by atoms with Crippen LogP contribution in [-0.4, -0.2) is 54.6 Å². The van der Waals surface area contributed by atoms with Gasteiger partial charge in [-0.3, -0.25) is 0 Å². The molecule has 1 heterocycles. The van der Waals surface area contributed by atoms with Crippen LogP contribution in [0.25, 0.3) is 0 Å².